The van der Waals surface area contributed by atoms with Gasteiger partial charge in [0.15, 0.2) is 5.78 Å². The third-order valence-electron chi connectivity index (χ3n) is 1.72. The van der Waals surface area contributed by atoms with E-state index < -0.39 is 0 Å². The Morgan fingerprint density at radius 2 is 2.17 bits per heavy atom. The Labute approximate surface area is 70.3 Å². The summed E-state index contributed by atoms with van der Waals surface area (Å²) in [4.78, 5) is 15.3. The highest BCUT2D eigenvalue weighted by atomic mass is 16.1. The van der Waals surface area contributed by atoms with Gasteiger partial charge in [0.2, 0.25) is 0 Å². The zero-order valence-electron chi connectivity index (χ0n) is 6.40. The van der Waals surface area contributed by atoms with E-state index in [9.17, 15) is 4.79 Å². The number of pyridine rings is 1. The van der Waals surface area contributed by atoms with E-state index in [1.54, 1.807) is 24.4 Å². The van der Waals surface area contributed by atoms with E-state index in [2.05, 4.69) is 4.98 Å². The molecule has 1 aliphatic carbocycles. The van der Waals surface area contributed by atoms with E-state index in [1.807, 2.05) is 18.2 Å². The molecule has 0 atom stereocenters. The van der Waals surface area contributed by atoms with Gasteiger partial charge in [0, 0.05) is 11.8 Å². The van der Waals surface area contributed by atoms with E-state index in [0.29, 0.717) is 5.57 Å². The van der Waals surface area contributed by atoms with Crippen LogP contribution in [0.3, 0.4) is 0 Å². The summed E-state index contributed by atoms with van der Waals surface area (Å²) < 4.78 is 0. The molecule has 2 heteroatoms. The summed E-state index contributed by atoms with van der Waals surface area (Å²) in [6.07, 6.45) is 6.75. The second-order valence-corrected chi connectivity index (χ2v) is 2.52. The first-order valence-electron chi connectivity index (χ1n) is 3.72. The van der Waals surface area contributed by atoms with Gasteiger partial charge in [0.25, 0.3) is 0 Å². The maximum absolute atomic E-state index is 11.2. The summed E-state index contributed by atoms with van der Waals surface area (Å²) in [6, 6.07) is 5.53. The van der Waals surface area contributed by atoms with Gasteiger partial charge >= 0.3 is 0 Å². The number of hydrogen-bond acceptors (Lipinski definition) is 2. The Kier molecular flexibility index (Phi) is 1.59. The average Bonchev–Trinajstić information content (AvgIpc) is 2.53. The van der Waals surface area contributed by atoms with E-state index in [1.165, 1.54) is 0 Å². The highest BCUT2D eigenvalue weighted by molar-refractivity contribution is 6.28. The fraction of sp³-hybridized carbons (Fsp3) is 0. The number of hydrogen-bond donors (Lipinski definition) is 0. The fourth-order valence-electron chi connectivity index (χ4n) is 1.14. The molecule has 0 N–H and O–H groups in total. The monoisotopic (exact) mass is 157 g/mol. The van der Waals surface area contributed by atoms with Crippen LogP contribution in [0.25, 0.3) is 5.57 Å². The van der Waals surface area contributed by atoms with Gasteiger partial charge in [-0.3, -0.25) is 9.78 Å². The predicted octanol–water partition coefficient (Wildman–Crippen LogP) is 1.60. The van der Waals surface area contributed by atoms with Crippen molar-refractivity contribution in [2.24, 2.45) is 0 Å². The Balaban J connectivity index is 2.40. The highest BCUT2D eigenvalue weighted by Gasteiger charge is 2.12. The smallest absolute Gasteiger partial charge is 0.188 e. The van der Waals surface area contributed by atoms with Gasteiger partial charge in [-0.1, -0.05) is 12.1 Å². The molecule has 2 nitrogen and oxygen atoms in total. The molecule has 1 aromatic rings. The van der Waals surface area contributed by atoms with Gasteiger partial charge < -0.3 is 0 Å². The van der Waals surface area contributed by atoms with Crippen molar-refractivity contribution >= 4 is 11.4 Å². The van der Waals surface area contributed by atoms with Crippen molar-refractivity contribution in [2.45, 2.75) is 0 Å². The summed E-state index contributed by atoms with van der Waals surface area (Å²) in [5.74, 6) is 0.0358. The Morgan fingerprint density at radius 3 is 2.75 bits per heavy atom. The van der Waals surface area contributed by atoms with Crippen molar-refractivity contribution in [3.8, 4) is 0 Å². The van der Waals surface area contributed by atoms with Crippen LogP contribution >= 0.6 is 0 Å². The largest absolute Gasteiger partial charge is 0.289 e. The third-order valence-corrected chi connectivity index (χ3v) is 1.72. The third kappa shape index (κ3) is 1.07. The molecule has 0 saturated carbocycles. The van der Waals surface area contributed by atoms with Crippen molar-refractivity contribution in [3.63, 3.8) is 0 Å². The molecule has 0 unspecified atom stereocenters. The zero-order valence-corrected chi connectivity index (χ0v) is 6.40. The number of rotatable bonds is 1. The van der Waals surface area contributed by atoms with Crippen LogP contribution in [0.2, 0.25) is 0 Å². The molecule has 1 aromatic heterocycles. The molecule has 0 saturated heterocycles. The number of carbonyl (C=O) groups is 1. The summed E-state index contributed by atoms with van der Waals surface area (Å²) in [6.45, 7) is 0. The molecule has 0 aliphatic heterocycles. The van der Waals surface area contributed by atoms with Gasteiger partial charge in [-0.05, 0) is 24.3 Å². The molecule has 2 rings (SSSR count). The number of carbonyl (C=O) groups excluding carboxylic acids is 1. The number of aromatic nitrogens is 1. The van der Waals surface area contributed by atoms with E-state index in [0.717, 1.165) is 5.69 Å². The van der Waals surface area contributed by atoms with Crippen LogP contribution in [-0.4, -0.2) is 10.8 Å². The number of ketones is 1. The summed E-state index contributed by atoms with van der Waals surface area (Å²) >= 11 is 0. The van der Waals surface area contributed by atoms with Crippen LogP contribution in [0.15, 0.2) is 42.6 Å². The quantitative estimate of drug-likeness (QED) is 0.619. The highest BCUT2D eigenvalue weighted by Crippen LogP contribution is 2.17. The standard InChI is InChI=1S/C10H7NO/c12-10-6-3-4-8(10)9-5-1-2-7-11-9/h1-7H. The van der Waals surface area contributed by atoms with Gasteiger partial charge in [-0.25, -0.2) is 0 Å². The summed E-state index contributed by atoms with van der Waals surface area (Å²) in [7, 11) is 0. The van der Waals surface area contributed by atoms with Gasteiger partial charge in [-0.15, -0.1) is 0 Å². The Hall–Kier alpha value is -1.70. The van der Waals surface area contributed by atoms with Crippen LogP contribution in [-0.2, 0) is 4.79 Å². The van der Waals surface area contributed by atoms with Gasteiger partial charge in [-0.2, -0.15) is 0 Å². The molecule has 0 fully saturated rings. The van der Waals surface area contributed by atoms with Crippen molar-refractivity contribution in [2.75, 3.05) is 0 Å². The zero-order chi connectivity index (χ0) is 8.39. The molecular weight excluding hydrogens is 150 g/mol. The first-order valence-corrected chi connectivity index (χ1v) is 3.72. The Bertz CT molecular complexity index is 363. The van der Waals surface area contributed by atoms with E-state index >= 15 is 0 Å². The van der Waals surface area contributed by atoms with Crippen LogP contribution in [0.5, 0.6) is 0 Å². The molecule has 12 heavy (non-hydrogen) atoms. The molecule has 0 radical (unpaired) electrons. The number of nitrogens with zero attached hydrogens (tertiary/aromatic N) is 1. The SMILES string of the molecule is O=C1C=CC=C1c1ccccn1. The molecular formula is C10H7NO. The topological polar surface area (TPSA) is 30.0 Å². The van der Waals surface area contributed by atoms with Crippen LogP contribution < -0.4 is 0 Å². The minimum absolute atomic E-state index is 0.0358. The first-order chi connectivity index (χ1) is 5.88. The molecule has 1 heterocycles. The lowest BCUT2D eigenvalue weighted by atomic mass is 10.1. The molecule has 0 bridgehead atoms. The maximum atomic E-state index is 11.2. The van der Waals surface area contributed by atoms with Gasteiger partial charge in [0.05, 0.1) is 5.69 Å². The molecule has 58 valence electrons. The molecule has 0 spiro atoms. The lowest BCUT2D eigenvalue weighted by Crippen LogP contribution is -1.95. The molecule has 0 amide bonds. The van der Waals surface area contributed by atoms with Gasteiger partial charge in [0.1, 0.15) is 0 Å². The second-order valence-electron chi connectivity index (χ2n) is 2.52. The minimum atomic E-state index is 0.0358. The van der Waals surface area contributed by atoms with Crippen molar-refractivity contribution < 1.29 is 4.79 Å². The lowest BCUT2D eigenvalue weighted by molar-refractivity contribution is -0.109. The average molecular weight is 157 g/mol. The molecule has 1 aliphatic rings. The fourth-order valence-corrected chi connectivity index (χ4v) is 1.14. The van der Waals surface area contributed by atoms with Crippen molar-refractivity contribution in [3.05, 3.63) is 48.3 Å². The van der Waals surface area contributed by atoms with Crippen LogP contribution in [0, 0.1) is 0 Å². The van der Waals surface area contributed by atoms with Crippen molar-refractivity contribution in [1.82, 2.24) is 4.98 Å². The predicted molar refractivity (Wildman–Crippen MR) is 46.4 cm³/mol. The second kappa shape index (κ2) is 2.74. The minimum Gasteiger partial charge on any atom is -0.289 e. The lowest BCUT2D eigenvalue weighted by Gasteiger charge is -1.96. The molecule has 0 aromatic carbocycles. The van der Waals surface area contributed by atoms with E-state index in [4.69, 9.17) is 0 Å². The number of allylic oxidation sites excluding steroid dienone is 4. The Morgan fingerprint density at radius 1 is 1.25 bits per heavy atom. The summed E-state index contributed by atoms with van der Waals surface area (Å²) in [5.41, 5.74) is 1.42. The maximum Gasteiger partial charge on any atom is 0.188 e. The first kappa shape index (κ1) is 6.98. The van der Waals surface area contributed by atoms with Crippen molar-refractivity contribution in [1.29, 1.82) is 0 Å². The van der Waals surface area contributed by atoms with Crippen LogP contribution in [0.1, 0.15) is 5.69 Å². The summed E-state index contributed by atoms with van der Waals surface area (Å²) in [5, 5.41) is 0. The van der Waals surface area contributed by atoms with E-state index in [-0.39, 0.29) is 5.78 Å². The normalized spacial score (nSPS) is 15.0. The van der Waals surface area contributed by atoms with Crippen LogP contribution in [0.4, 0.5) is 0 Å².